The number of thiazole rings is 1. The van der Waals surface area contributed by atoms with E-state index in [1.54, 1.807) is 24.5 Å². The Kier molecular flexibility index (Phi) is 6.06. The second-order valence-corrected chi connectivity index (χ2v) is 11.1. The molecule has 0 fully saturated rings. The van der Waals surface area contributed by atoms with E-state index in [-0.39, 0.29) is 0 Å². The fourth-order valence-electron chi connectivity index (χ4n) is 4.41. The Morgan fingerprint density at radius 3 is 2.58 bits per heavy atom. The summed E-state index contributed by atoms with van der Waals surface area (Å²) in [6.45, 7) is 7.45. The van der Waals surface area contributed by atoms with Crippen molar-refractivity contribution >= 4 is 50.0 Å². The minimum absolute atomic E-state index is 0.599. The van der Waals surface area contributed by atoms with Gasteiger partial charge >= 0.3 is 5.97 Å². The Morgan fingerprint density at radius 1 is 1.19 bits per heavy atom. The fraction of sp³-hybridized carbons (Fsp3) is 0.259. The number of carboxylic acids is 1. The quantitative estimate of drug-likeness (QED) is 0.273. The van der Waals surface area contributed by atoms with Gasteiger partial charge in [-0.05, 0) is 63.1 Å². The van der Waals surface area contributed by atoms with Crippen LogP contribution in [0, 0.1) is 6.92 Å². The van der Waals surface area contributed by atoms with Gasteiger partial charge in [-0.15, -0.1) is 11.3 Å². The molecule has 2 aromatic carbocycles. The number of benzene rings is 2. The van der Waals surface area contributed by atoms with E-state index >= 15 is 0 Å². The van der Waals surface area contributed by atoms with Crippen LogP contribution in [0.15, 0.2) is 48.8 Å². The summed E-state index contributed by atoms with van der Waals surface area (Å²) in [6, 6.07) is 11.2. The Bertz CT molecular complexity index is 1620. The van der Waals surface area contributed by atoms with Crippen molar-refractivity contribution in [2.45, 2.75) is 39.4 Å². The van der Waals surface area contributed by atoms with Gasteiger partial charge in [0, 0.05) is 41.0 Å². The molecule has 0 aliphatic heterocycles. The Labute approximate surface area is 217 Å². The lowest BCUT2D eigenvalue weighted by molar-refractivity contribution is -0.160. The number of nitrogens with zero attached hydrogens (tertiary/aromatic N) is 4. The lowest BCUT2D eigenvalue weighted by Crippen LogP contribution is -2.28. The first-order valence-corrected chi connectivity index (χ1v) is 12.6. The number of hydrogen-bond acceptors (Lipinski definition) is 6. The van der Waals surface area contributed by atoms with Gasteiger partial charge in [0.1, 0.15) is 10.7 Å². The van der Waals surface area contributed by atoms with Gasteiger partial charge in [0.2, 0.25) is 0 Å². The minimum atomic E-state index is -1.16. The van der Waals surface area contributed by atoms with Gasteiger partial charge in [0.15, 0.2) is 6.10 Å². The summed E-state index contributed by atoms with van der Waals surface area (Å²) >= 11 is 7.66. The first kappa shape index (κ1) is 24.4. The number of carboxylic acid groups (broad SMARTS) is 1. The number of aromatic nitrogens is 4. The summed E-state index contributed by atoms with van der Waals surface area (Å²) in [5, 5.41) is 17.2. The highest BCUT2D eigenvalue weighted by Crippen LogP contribution is 2.44. The van der Waals surface area contributed by atoms with Crippen LogP contribution < -0.4 is 0 Å². The maximum Gasteiger partial charge on any atom is 0.337 e. The molecule has 0 bridgehead atoms. The van der Waals surface area contributed by atoms with Crippen molar-refractivity contribution in [1.29, 1.82) is 0 Å². The van der Waals surface area contributed by atoms with Crippen molar-refractivity contribution in [3.8, 4) is 21.8 Å². The predicted molar refractivity (Wildman–Crippen MR) is 144 cm³/mol. The molecule has 0 aliphatic carbocycles. The molecule has 5 rings (SSSR count). The molecule has 3 heterocycles. The molecule has 5 aromatic rings. The maximum absolute atomic E-state index is 12.5. The van der Waals surface area contributed by atoms with Crippen LogP contribution in [0.4, 0.5) is 0 Å². The molecule has 0 radical (unpaired) electrons. The van der Waals surface area contributed by atoms with Crippen LogP contribution in [0.2, 0.25) is 5.02 Å². The van der Waals surface area contributed by atoms with Crippen molar-refractivity contribution in [3.05, 3.63) is 64.9 Å². The van der Waals surface area contributed by atoms with Gasteiger partial charge in [-0.1, -0.05) is 23.7 Å². The van der Waals surface area contributed by atoms with Gasteiger partial charge in [0.05, 0.1) is 21.3 Å². The highest BCUT2D eigenvalue weighted by molar-refractivity contribution is 7.22. The molecule has 9 heteroatoms. The Hall–Kier alpha value is -3.33. The largest absolute Gasteiger partial charge is 0.479 e. The summed E-state index contributed by atoms with van der Waals surface area (Å²) in [6.07, 6.45) is 2.37. The van der Waals surface area contributed by atoms with E-state index in [1.807, 2.05) is 63.7 Å². The Morgan fingerprint density at radius 2 is 1.92 bits per heavy atom. The lowest BCUT2D eigenvalue weighted by Gasteiger charge is -2.28. The number of aliphatic carboxylic acids is 1. The normalized spacial score (nSPS) is 12.9. The zero-order chi connectivity index (χ0) is 25.8. The zero-order valence-electron chi connectivity index (χ0n) is 20.5. The average molecular weight is 521 g/mol. The number of hydrogen-bond donors (Lipinski definition) is 1. The maximum atomic E-state index is 12.5. The predicted octanol–water partition coefficient (Wildman–Crippen LogP) is 6.81. The number of rotatable bonds is 5. The molecular formula is C27H25ClN4O3S. The van der Waals surface area contributed by atoms with Gasteiger partial charge in [-0.2, -0.15) is 5.10 Å². The van der Waals surface area contributed by atoms with Crippen LogP contribution in [0.25, 0.3) is 42.9 Å². The lowest BCUT2D eigenvalue weighted by atomic mass is 9.91. The average Bonchev–Trinajstić information content (AvgIpc) is 3.38. The van der Waals surface area contributed by atoms with E-state index in [0.29, 0.717) is 10.6 Å². The molecule has 1 N–H and O–H groups in total. The number of pyridine rings is 1. The zero-order valence-corrected chi connectivity index (χ0v) is 22.1. The third-order valence-corrected chi connectivity index (χ3v) is 7.22. The van der Waals surface area contributed by atoms with Crippen LogP contribution in [0.1, 0.15) is 38.0 Å². The van der Waals surface area contributed by atoms with Crippen molar-refractivity contribution in [2.75, 3.05) is 0 Å². The second-order valence-electron chi connectivity index (χ2n) is 9.67. The first-order chi connectivity index (χ1) is 17.0. The molecule has 1 atom stereocenters. The van der Waals surface area contributed by atoms with Gasteiger partial charge in [-0.3, -0.25) is 9.67 Å². The number of ether oxygens (including phenoxy) is 1. The summed E-state index contributed by atoms with van der Waals surface area (Å²) in [5.41, 5.74) is 4.81. The van der Waals surface area contributed by atoms with Gasteiger partial charge in [-0.25, -0.2) is 9.78 Å². The molecule has 0 unspecified atom stereocenters. The van der Waals surface area contributed by atoms with E-state index in [0.717, 1.165) is 48.5 Å². The highest BCUT2D eigenvalue weighted by atomic mass is 35.5. The van der Waals surface area contributed by atoms with Crippen LogP contribution in [0.3, 0.4) is 0 Å². The van der Waals surface area contributed by atoms with E-state index < -0.39 is 17.7 Å². The smallest absolute Gasteiger partial charge is 0.337 e. The molecule has 0 spiro atoms. The summed E-state index contributed by atoms with van der Waals surface area (Å²) in [4.78, 5) is 21.7. The van der Waals surface area contributed by atoms with Crippen molar-refractivity contribution < 1.29 is 14.6 Å². The van der Waals surface area contributed by atoms with Crippen LogP contribution in [0.5, 0.6) is 0 Å². The van der Waals surface area contributed by atoms with E-state index in [2.05, 4.69) is 4.98 Å². The molecule has 36 heavy (non-hydrogen) atoms. The van der Waals surface area contributed by atoms with E-state index in [9.17, 15) is 9.90 Å². The molecular weight excluding hydrogens is 496 g/mol. The molecule has 0 saturated carbocycles. The number of aryl methyl sites for hydroxylation is 2. The monoisotopic (exact) mass is 520 g/mol. The van der Waals surface area contributed by atoms with Crippen LogP contribution >= 0.6 is 22.9 Å². The fourth-order valence-corrected chi connectivity index (χ4v) is 5.66. The summed E-state index contributed by atoms with van der Waals surface area (Å²) < 4.78 is 8.76. The van der Waals surface area contributed by atoms with Crippen molar-refractivity contribution in [3.63, 3.8) is 0 Å². The van der Waals surface area contributed by atoms with Crippen molar-refractivity contribution in [1.82, 2.24) is 19.7 Å². The standard InChI is InChI=1S/C27H25ClN4O3S/c1-14-12-18-24(36-25(30-18)22-17-13-29-11-10-19(17)32(5)31-22)21(15-6-8-16(28)9-7-15)20(14)23(26(33)34)35-27(2,3)4/h6-13,23H,1-5H3,(H,33,34)/t23-/m0/s1. The third kappa shape index (κ3) is 4.36. The van der Waals surface area contributed by atoms with Crippen molar-refractivity contribution in [2.24, 2.45) is 7.05 Å². The summed E-state index contributed by atoms with van der Waals surface area (Å²) in [7, 11) is 1.89. The van der Waals surface area contributed by atoms with Gasteiger partial charge < -0.3 is 9.84 Å². The third-order valence-electron chi connectivity index (χ3n) is 5.87. The van der Waals surface area contributed by atoms with Crippen LogP contribution in [-0.2, 0) is 16.6 Å². The van der Waals surface area contributed by atoms with Gasteiger partial charge in [0.25, 0.3) is 0 Å². The highest BCUT2D eigenvalue weighted by Gasteiger charge is 2.32. The Balaban J connectivity index is 1.82. The number of carbonyl (C=O) groups is 1. The second kappa shape index (κ2) is 8.96. The minimum Gasteiger partial charge on any atom is -0.479 e. The van der Waals surface area contributed by atoms with E-state index in [1.165, 1.54) is 11.3 Å². The molecule has 7 nitrogen and oxygen atoms in total. The molecule has 3 aromatic heterocycles. The topological polar surface area (TPSA) is 90.1 Å². The molecule has 0 saturated heterocycles. The first-order valence-electron chi connectivity index (χ1n) is 11.4. The van der Waals surface area contributed by atoms with Crippen LogP contribution in [-0.4, -0.2) is 36.4 Å². The molecule has 0 aliphatic rings. The number of fused-ring (bicyclic) bond motifs is 2. The van der Waals surface area contributed by atoms with E-state index in [4.69, 9.17) is 26.4 Å². The molecule has 0 amide bonds. The SMILES string of the molecule is Cc1cc2nc(-c3nn(C)c4ccncc34)sc2c(-c2ccc(Cl)cc2)c1[C@H](OC(C)(C)C)C(=O)O. The number of halogens is 1. The summed E-state index contributed by atoms with van der Waals surface area (Å²) in [5.74, 6) is -1.05. The molecule has 184 valence electrons.